The predicted molar refractivity (Wildman–Crippen MR) is 76.0 cm³/mol. The normalized spacial score (nSPS) is 10.4. The summed E-state index contributed by atoms with van der Waals surface area (Å²) in [5, 5.41) is 0. The Morgan fingerprint density at radius 3 is 2.74 bits per heavy atom. The van der Waals surface area contributed by atoms with Crippen molar-refractivity contribution in [3.63, 3.8) is 0 Å². The minimum absolute atomic E-state index is 0.676. The molecule has 0 aliphatic rings. The standard InChI is InChI=1S/C15H19N3O/c1-18(15-12-16-8-9-17-15)10-5-11-19-13-14-6-3-2-4-7-14/h2-4,6-9,12H,5,10-11,13H2,1H3. The zero-order chi connectivity index (χ0) is 13.3. The van der Waals surface area contributed by atoms with Crippen LogP contribution >= 0.6 is 0 Å². The van der Waals surface area contributed by atoms with Crippen molar-refractivity contribution >= 4 is 5.82 Å². The van der Waals surface area contributed by atoms with Gasteiger partial charge in [0.25, 0.3) is 0 Å². The highest BCUT2D eigenvalue weighted by molar-refractivity contribution is 5.33. The number of nitrogens with zero attached hydrogens (tertiary/aromatic N) is 3. The molecule has 0 bridgehead atoms. The lowest BCUT2D eigenvalue weighted by Crippen LogP contribution is -2.21. The lowest BCUT2D eigenvalue weighted by Gasteiger charge is -2.17. The van der Waals surface area contributed by atoms with Crippen molar-refractivity contribution in [3.05, 3.63) is 54.5 Å². The third-order valence-corrected chi connectivity index (χ3v) is 2.83. The molecular formula is C15H19N3O. The topological polar surface area (TPSA) is 38.2 Å². The van der Waals surface area contributed by atoms with Crippen LogP contribution in [0.15, 0.2) is 48.9 Å². The molecule has 0 radical (unpaired) electrons. The van der Waals surface area contributed by atoms with Crippen molar-refractivity contribution < 1.29 is 4.74 Å². The SMILES string of the molecule is CN(CCCOCc1ccccc1)c1cnccn1. The Kier molecular flexibility index (Phi) is 5.31. The Bertz CT molecular complexity index is 461. The Hall–Kier alpha value is -1.94. The smallest absolute Gasteiger partial charge is 0.146 e. The molecule has 0 unspecified atom stereocenters. The summed E-state index contributed by atoms with van der Waals surface area (Å²) in [5.41, 5.74) is 1.21. The molecule has 19 heavy (non-hydrogen) atoms. The van der Waals surface area contributed by atoms with Gasteiger partial charge in [-0.05, 0) is 12.0 Å². The third-order valence-electron chi connectivity index (χ3n) is 2.83. The van der Waals surface area contributed by atoms with Gasteiger partial charge >= 0.3 is 0 Å². The zero-order valence-corrected chi connectivity index (χ0v) is 11.2. The molecule has 4 nitrogen and oxygen atoms in total. The average Bonchev–Trinajstić information content (AvgIpc) is 2.49. The number of ether oxygens (including phenoxy) is 1. The summed E-state index contributed by atoms with van der Waals surface area (Å²) >= 11 is 0. The van der Waals surface area contributed by atoms with Gasteiger partial charge in [0, 0.05) is 32.6 Å². The maximum Gasteiger partial charge on any atom is 0.146 e. The quantitative estimate of drug-likeness (QED) is 0.714. The number of hydrogen-bond donors (Lipinski definition) is 0. The van der Waals surface area contributed by atoms with Gasteiger partial charge in [-0.1, -0.05) is 30.3 Å². The Morgan fingerprint density at radius 2 is 2.00 bits per heavy atom. The molecule has 0 N–H and O–H groups in total. The van der Waals surface area contributed by atoms with Gasteiger partial charge < -0.3 is 9.64 Å². The molecule has 2 rings (SSSR count). The second-order valence-corrected chi connectivity index (χ2v) is 4.38. The summed E-state index contributed by atoms with van der Waals surface area (Å²) < 4.78 is 5.64. The van der Waals surface area contributed by atoms with Gasteiger partial charge in [-0.25, -0.2) is 4.98 Å². The van der Waals surface area contributed by atoms with E-state index < -0.39 is 0 Å². The molecular weight excluding hydrogens is 238 g/mol. The summed E-state index contributed by atoms with van der Waals surface area (Å²) in [6.45, 7) is 2.34. The van der Waals surface area contributed by atoms with Crippen LogP contribution in [0, 0.1) is 0 Å². The first-order valence-corrected chi connectivity index (χ1v) is 6.45. The van der Waals surface area contributed by atoms with Crippen LogP contribution < -0.4 is 4.90 Å². The van der Waals surface area contributed by atoms with Crippen molar-refractivity contribution in [3.8, 4) is 0 Å². The second kappa shape index (κ2) is 7.48. The van der Waals surface area contributed by atoms with Crippen molar-refractivity contribution in [1.29, 1.82) is 0 Å². The number of hydrogen-bond acceptors (Lipinski definition) is 4. The van der Waals surface area contributed by atoms with E-state index in [9.17, 15) is 0 Å². The molecule has 0 fully saturated rings. The molecule has 0 aliphatic heterocycles. The highest BCUT2D eigenvalue weighted by atomic mass is 16.5. The fourth-order valence-electron chi connectivity index (χ4n) is 1.77. The van der Waals surface area contributed by atoms with Gasteiger partial charge in [0.15, 0.2) is 0 Å². The van der Waals surface area contributed by atoms with Crippen LogP contribution in [0.2, 0.25) is 0 Å². The van der Waals surface area contributed by atoms with Crippen molar-refractivity contribution in [1.82, 2.24) is 9.97 Å². The minimum Gasteiger partial charge on any atom is -0.377 e. The van der Waals surface area contributed by atoms with E-state index in [-0.39, 0.29) is 0 Å². The van der Waals surface area contributed by atoms with E-state index in [0.29, 0.717) is 6.61 Å². The van der Waals surface area contributed by atoms with Crippen LogP contribution in [0.3, 0.4) is 0 Å². The maximum atomic E-state index is 5.64. The molecule has 1 aromatic carbocycles. The van der Waals surface area contributed by atoms with E-state index in [1.54, 1.807) is 18.6 Å². The molecule has 0 spiro atoms. The van der Waals surface area contributed by atoms with Crippen LogP contribution in [0.5, 0.6) is 0 Å². The van der Waals surface area contributed by atoms with Gasteiger partial charge in [-0.3, -0.25) is 4.98 Å². The first-order valence-electron chi connectivity index (χ1n) is 6.45. The van der Waals surface area contributed by atoms with Crippen molar-refractivity contribution in [2.75, 3.05) is 25.1 Å². The fraction of sp³-hybridized carbons (Fsp3) is 0.333. The molecule has 1 heterocycles. The van der Waals surface area contributed by atoms with Crippen LogP contribution in [0.1, 0.15) is 12.0 Å². The molecule has 1 aromatic heterocycles. The Balaban J connectivity index is 1.62. The van der Waals surface area contributed by atoms with Gasteiger partial charge in [-0.15, -0.1) is 0 Å². The van der Waals surface area contributed by atoms with Gasteiger partial charge in [0.2, 0.25) is 0 Å². The van der Waals surface area contributed by atoms with E-state index in [1.165, 1.54) is 5.56 Å². The van der Waals surface area contributed by atoms with E-state index >= 15 is 0 Å². The van der Waals surface area contributed by atoms with Gasteiger partial charge in [-0.2, -0.15) is 0 Å². The third kappa shape index (κ3) is 4.67. The lowest BCUT2D eigenvalue weighted by atomic mass is 10.2. The highest BCUT2D eigenvalue weighted by Gasteiger charge is 2.01. The molecule has 0 aliphatic carbocycles. The average molecular weight is 257 g/mol. The van der Waals surface area contributed by atoms with Crippen LogP contribution in [-0.4, -0.2) is 30.2 Å². The lowest BCUT2D eigenvalue weighted by molar-refractivity contribution is 0.119. The Labute approximate surface area is 114 Å². The van der Waals surface area contributed by atoms with Crippen LogP contribution in [0.4, 0.5) is 5.82 Å². The monoisotopic (exact) mass is 257 g/mol. The summed E-state index contributed by atoms with van der Waals surface area (Å²) in [4.78, 5) is 10.4. The predicted octanol–water partition coefficient (Wildman–Crippen LogP) is 2.52. The largest absolute Gasteiger partial charge is 0.377 e. The Morgan fingerprint density at radius 1 is 1.16 bits per heavy atom. The summed E-state index contributed by atoms with van der Waals surface area (Å²) in [6, 6.07) is 10.2. The fourth-order valence-corrected chi connectivity index (χ4v) is 1.77. The molecule has 0 atom stereocenters. The summed E-state index contributed by atoms with van der Waals surface area (Å²) in [6.07, 6.45) is 6.13. The summed E-state index contributed by atoms with van der Waals surface area (Å²) in [7, 11) is 2.02. The van der Waals surface area contributed by atoms with Crippen LogP contribution in [-0.2, 0) is 11.3 Å². The zero-order valence-electron chi connectivity index (χ0n) is 11.2. The summed E-state index contributed by atoms with van der Waals surface area (Å²) in [5.74, 6) is 0.894. The molecule has 0 saturated heterocycles. The van der Waals surface area contributed by atoms with Crippen molar-refractivity contribution in [2.45, 2.75) is 13.0 Å². The highest BCUT2D eigenvalue weighted by Crippen LogP contribution is 2.05. The molecule has 4 heteroatoms. The van der Waals surface area contributed by atoms with Gasteiger partial charge in [0.1, 0.15) is 5.82 Å². The first kappa shape index (κ1) is 13.5. The number of anilines is 1. The molecule has 2 aromatic rings. The molecule has 0 amide bonds. The number of aromatic nitrogens is 2. The maximum absolute atomic E-state index is 5.64. The van der Waals surface area contributed by atoms with E-state index in [1.807, 2.05) is 25.2 Å². The second-order valence-electron chi connectivity index (χ2n) is 4.38. The first-order chi connectivity index (χ1) is 9.36. The van der Waals surface area contributed by atoms with E-state index in [4.69, 9.17) is 4.74 Å². The molecule has 0 saturated carbocycles. The van der Waals surface area contributed by atoms with Crippen LogP contribution in [0.25, 0.3) is 0 Å². The van der Waals surface area contributed by atoms with Gasteiger partial charge in [0.05, 0.1) is 12.8 Å². The minimum atomic E-state index is 0.676. The van der Waals surface area contributed by atoms with E-state index in [2.05, 4.69) is 27.0 Å². The number of benzene rings is 1. The van der Waals surface area contributed by atoms with E-state index in [0.717, 1.165) is 25.4 Å². The molecule has 100 valence electrons. The van der Waals surface area contributed by atoms with Crippen molar-refractivity contribution in [2.24, 2.45) is 0 Å². The number of rotatable bonds is 7.